The summed E-state index contributed by atoms with van der Waals surface area (Å²) in [4.78, 5) is 0. The molecule has 6 heteroatoms. The summed E-state index contributed by atoms with van der Waals surface area (Å²) < 4.78 is 16.7. The van der Waals surface area contributed by atoms with Crippen LogP contribution in [0.5, 0.6) is 0 Å². The highest BCUT2D eigenvalue weighted by Gasteiger charge is 2.18. The van der Waals surface area contributed by atoms with E-state index in [4.69, 9.17) is 5.73 Å². The molecule has 0 fully saturated rings. The first-order valence-electron chi connectivity index (χ1n) is 6.59. The predicted octanol–water partition coefficient (Wildman–Crippen LogP) is 2.61. The minimum absolute atomic E-state index is 0.308. The van der Waals surface area contributed by atoms with E-state index >= 15 is 0 Å². The Morgan fingerprint density at radius 3 is 2.57 bits per heavy atom. The first kappa shape index (κ1) is 13.4. The fourth-order valence-electron chi connectivity index (χ4n) is 2.45. The molecule has 0 spiro atoms. The lowest BCUT2D eigenvalue weighted by atomic mass is 10.1. The standard InChI is InChI=1S/C15H16FN5/c1-9-14(10(2)20(3)18-9)15-13(17)8-21(19-15)12-6-4-5-11(16)7-12/h4-8H,17H2,1-3H3. The number of aryl methyl sites for hydroxylation is 2. The van der Waals surface area contributed by atoms with Gasteiger partial charge in [-0.05, 0) is 32.0 Å². The lowest BCUT2D eigenvalue weighted by molar-refractivity contribution is 0.625. The molecule has 3 aromatic rings. The molecule has 0 saturated heterocycles. The normalized spacial score (nSPS) is 11.0. The Kier molecular flexibility index (Phi) is 3.01. The van der Waals surface area contributed by atoms with Gasteiger partial charge in [0, 0.05) is 18.3 Å². The zero-order chi connectivity index (χ0) is 15.1. The van der Waals surface area contributed by atoms with Crippen LogP contribution in [0.4, 0.5) is 10.1 Å². The SMILES string of the molecule is Cc1nn(C)c(C)c1-c1nn(-c2cccc(F)c2)cc1N. The topological polar surface area (TPSA) is 61.7 Å². The highest BCUT2D eigenvalue weighted by molar-refractivity contribution is 5.75. The molecule has 2 heterocycles. The van der Waals surface area contributed by atoms with Crippen LogP contribution in [0.25, 0.3) is 16.9 Å². The van der Waals surface area contributed by atoms with Crippen LogP contribution in [0.3, 0.4) is 0 Å². The molecular weight excluding hydrogens is 269 g/mol. The molecule has 0 aliphatic carbocycles. The molecule has 2 N–H and O–H groups in total. The maximum absolute atomic E-state index is 13.3. The van der Waals surface area contributed by atoms with Gasteiger partial charge in [0.1, 0.15) is 11.5 Å². The molecule has 3 rings (SSSR count). The van der Waals surface area contributed by atoms with Crippen LogP contribution in [0.2, 0.25) is 0 Å². The second kappa shape index (κ2) is 4.73. The molecule has 0 aliphatic rings. The zero-order valence-electron chi connectivity index (χ0n) is 12.1. The Bertz CT molecular complexity index is 816. The van der Waals surface area contributed by atoms with E-state index < -0.39 is 0 Å². The fourth-order valence-corrected chi connectivity index (χ4v) is 2.45. The third-order valence-electron chi connectivity index (χ3n) is 3.56. The number of anilines is 1. The molecule has 5 nitrogen and oxygen atoms in total. The summed E-state index contributed by atoms with van der Waals surface area (Å²) >= 11 is 0. The Balaban J connectivity index is 2.14. The van der Waals surface area contributed by atoms with Gasteiger partial charge in [-0.3, -0.25) is 4.68 Å². The van der Waals surface area contributed by atoms with Gasteiger partial charge in [-0.25, -0.2) is 9.07 Å². The van der Waals surface area contributed by atoms with Gasteiger partial charge < -0.3 is 5.73 Å². The summed E-state index contributed by atoms with van der Waals surface area (Å²) in [5, 5.41) is 8.87. The smallest absolute Gasteiger partial charge is 0.125 e. The molecule has 21 heavy (non-hydrogen) atoms. The fraction of sp³-hybridized carbons (Fsp3) is 0.200. The van der Waals surface area contributed by atoms with Crippen molar-refractivity contribution < 1.29 is 4.39 Å². The second-order valence-corrected chi connectivity index (χ2v) is 5.03. The summed E-state index contributed by atoms with van der Waals surface area (Å²) in [5.41, 5.74) is 10.7. The van der Waals surface area contributed by atoms with Gasteiger partial charge in [0.05, 0.1) is 23.3 Å². The van der Waals surface area contributed by atoms with Crippen LogP contribution in [0, 0.1) is 19.7 Å². The van der Waals surface area contributed by atoms with Crippen molar-refractivity contribution in [1.29, 1.82) is 0 Å². The molecule has 0 atom stereocenters. The number of hydrogen-bond acceptors (Lipinski definition) is 3. The van der Waals surface area contributed by atoms with Gasteiger partial charge >= 0.3 is 0 Å². The lowest BCUT2D eigenvalue weighted by Crippen LogP contribution is -1.96. The summed E-state index contributed by atoms with van der Waals surface area (Å²) in [7, 11) is 1.88. The first-order chi connectivity index (χ1) is 9.97. The largest absolute Gasteiger partial charge is 0.396 e. The van der Waals surface area contributed by atoms with Crippen LogP contribution < -0.4 is 5.73 Å². The van der Waals surface area contributed by atoms with Crippen molar-refractivity contribution in [2.75, 3.05) is 5.73 Å². The van der Waals surface area contributed by atoms with E-state index in [-0.39, 0.29) is 5.82 Å². The van der Waals surface area contributed by atoms with Gasteiger partial charge in [-0.2, -0.15) is 10.2 Å². The van der Waals surface area contributed by atoms with E-state index in [0.29, 0.717) is 17.1 Å². The Hall–Kier alpha value is -2.63. The van der Waals surface area contributed by atoms with Crippen LogP contribution in [0.15, 0.2) is 30.5 Å². The number of benzene rings is 1. The zero-order valence-corrected chi connectivity index (χ0v) is 12.1. The van der Waals surface area contributed by atoms with E-state index in [9.17, 15) is 4.39 Å². The van der Waals surface area contributed by atoms with Crippen LogP contribution in [-0.4, -0.2) is 19.6 Å². The van der Waals surface area contributed by atoms with Gasteiger partial charge in [0.15, 0.2) is 0 Å². The number of nitrogen functional groups attached to an aromatic ring is 1. The van der Waals surface area contributed by atoms with Crippen molar-refractivity contribution in [2.24, 2.45) is 7.05 Å². The number of hydrogen-bond donors (Lipinski definition) is 1. The van der Waals surface area contributed by atoms with E-state index in [1.54, 1.807) is 27.7 Å². The third kappa shape index (κ3) is 2.18. The van der Waals surface area contributed by atoms with E-state index in [2.05, 4.69) is 10.2 Å². The minimum Gasteiger partial charge on any atom is -0.396 e. The Morgan fingerprint density at radius 1 is 1.19 bits per heavy atom. The van der Waals surface area contributed by atoms with Gasteiger partial charge in [0.2, 0.25) is 0 Å². The molecule has 0 bridgehead atoms. The molecule has 0 aliphatic heterocycles. The predicted molar refractivity (Wildman–Crippen MR) is 79.6 cm³/mol. The summed E-state index contributed by atoms with van der Waals surface area (Å²) in [6.45, 7) is 3.89. The molecule has 1 aromatic carbocycles. The molecule has 0 amide bonds. The maximum atomic E-state index is 13.3. The highest BCUT2D eigenvalue weighted by atomic mass is 19.1. The van der Waals surface area contributed by atoms with Crippen LogP contribution >= 0.6 is 0 Å². The monoisotopic (exact) mass is 285 g/mol. The molecule has 0 radical (unpaired) electrons. The second-order valence-electron chi connectivity index (χ2n) is 5.03. The number of nitrogens with two attached hydrogens (primary N) is 1. The van der Waals surface area contributed by atoms with Crippen molar-refractivity contribution in [3.05, 3.63) is 47.7 Å². The summed E-state index contributed by atoms with van der Waals surface area (Å²) in [6.07, 6.45) is 1.69. The molecule has 108 valence electrons. The van der Waals surface area contributed by atoms with Gasteiger partial charge in [-0.15, -0.1) is 0 Å². The third-order valence-corrected chi connectivity index (χ3v) is 3.56. The van der Waals surface area contributed by atoms with Crippen molar-refractivity contribution in [2.45, 2.75) is 13.8 Å². The number of nitrogens with zero attached hydrogens (tertiary/aromatic N) is 4. The van der Waals surface area contributed by atoms with E-state index in [1.807, 2.05) is 20.9 Å². The molecule has 0 saturated carbocycles. The molecule has 2 aromatic heterocycles. The maximum Gasteiger partial charge on any atom is 0.125 e. The number of rotatable bonds is 2. The highest BCUT2D eigenvalue weighted by Crippen LogP contribution is 2.30. The van der Waals surface area contributed by atoms with Crippen molar-refractivity contribution in [1.82, 2.24) is 19.6 Å². The average Bonchev–Trinajstić information content (AvgIpc) is 2.91. The summed E-state index contributed by atoms with van der Waals surface area (Å²) in [5.74, 6) is -0.308. The van der Waals surface area contributed by atoms with Crippen molar-refractivity contribution in [3.8, 4) is 16.9 Å². The molecular formula is C15H16FN5. The Labute approximate surface area is 121 Å². The number of aromatic nitrogens is 4. The van der Waals surface area contributed by atoms with E-state index in [1.165, 1.54) is 12.1 Å². The first-order valence-corrected chi connectivity index (χ1v) is 6.59. The summed E-state index contributed by atoms with van der Waals surface area (Å²) in [6, 6.07) is 6.23. The number of halogens is 1. The average molecular weight is 285 g/mol. The van der Waals surface area contributed by atoms with Crippen molar-refractivity contribution in [3.63, 3.8) is 0 Å². The molecule has 0 unspecified atom stereocenters. The minimum atomic E-state index is -0.308. The van der Waals surface area contributed by atoms with E-state index in [0.717, 1.165) is 17.0 Å². The van der Waals surface area contributed by atoms with Crippen molar-refractivity contribution >= 4 is 5.69 Å². The lowest BCUT2D eigenvalue weighted by Gasteiger charge is -2.01. The van der Waals surface area contributed by atoms with Crippen LogP contribution in [0.1, 0.15) is 11.4 Å². The van der Waals surface area contributed by atoms with Gasteiger partial charge in [-0.1, -0.05) is 6.07 Å². The quantitative estimate of drug-likeness (QED) is 0.787. The van der Waals surface area contributed by atoms with Gasteiger partial charge in [0.25, 0.3) is 0 Å². The Morgan fingerprint density at radius 2 is 1.95 bits per heavy atom. The van der Waals surface area contributed by atoms with Crippen LogP contribution in [-0.2, 0) is 7.05 Å².